The number of rotatable bonds is 1. The van der Waals surface area contributed by atoms with E-state index in [9.17, 15) is 30.0 Å². The fraction of sp³-hybridized carbons (Fsp3) is 0.0435. The molecule has 4 N–H and O–H groups in total. The highest BCUT2D eigenvalue weighted by molar-refractivity contribution is 6.28. The zero-order valence-corrected chi connectivity index (χ0v) is 16.2. The molecule has 9 nitrogen and oxygen atoms in total. The molecule has 0 aliphatic rings. The molecule has 158 valence electrons. The summed E-state index contributed by atoms with van der Waals surface area (Å²) in [6.45, 7) is 1.52. The van der Waals surface area contributed by atoms with Crippen molar-refractivity contribution in [3.63, 3.8) is 0 Å². The Morgan fingerprint density at radius 1 is 0.688 bits per heavy atom. The number of aromatic hydroxyl groups is 4. The van der Waals surface area contributed by atoms with Gasteiger partial charge in [-0.25, -0.2) is 4.79 Å². The Bertz CT molecular complexity index is 1840. The van der Waals surface area contributed by atoms with Gasteiger partial charge in [0.15, 0.2) is 28.1 Å². The third-order valence-electron chi connectivity index (χ3n) is 5.66. The lowest BCUT2D eigenvalue weighted by Gasteiger charge is -2.15. The van der Waals surface area contributed by atoms with E-state index in [1.165, 1.54) is 31.2 Å². The first-order valence-corrected chi connectivity index (χ1v) is 9.41. The van der Waals surface area contributed by atoms with E-state index in [1.54, 1.807) is 0 Å². The predicted octanol–water partition coefficient (Wildman–Crippen LogP) is 4.03. The van der Waals surface area contributed by atoms with Crippen molar-refractivity contribution in [3.8, 4) is 34.3 Å². The van der Waals surface area contributed by atoms with Gasteiger partial charge in [0.05, 0.1) is 10.8 Å². The third kappa shape index (κ3) is 2.16. The van der Waals surface area contributed by atoms with E-state index in [0.717, 1.165) is 6.07 Å². The summed E-state index contributed by atoms with van der Waals surface area (Å²) in [5.41, 5.74) is -0.971. The minimum Gasteiger partial charge on any atom is -0.508 e. The molecule has 0 atom stereocenters. The molecule has 0 bridgehead atoms. The van der Waals surface area contributed by atoms with E-state index in [1.807, 2.05) is 0 Å². The highest BCUT2D eigenvalue weighted by Crippen LogP contribution is 2.47. The van der Waals surface area contributed by atoms with Gasteiger partial charge in [-0.1, -0.05) is 0 Å². The van der Waals surface area contributed by atoms with E-state index in [-0.39, 0.29) is 61.5 Å². The van der Waals surface area contributed by atoms with Crippen molar-refractivity contribution in [2.75, 3.05) is 0 Å². The average Bonchev–Trinajstić information content (AvgIpc) is 2.74. The van der Waals surface area contributed by atoms with Gasteiger partial charge in [0, 0.05) is 34.0 Å². The van der Waals surface area contributed by atoms with Crippen molar-refractivity contribution >= 4 is 43.9 Å². The Balaban J connectivity index is 1.96. The first-order chi connectivity index (χ1) is 15.2. The maximum Gasteiger partial charge on any atom is 0.344 e. The smallest absolute Gasteiger partial charge is 0.344 e. The lowest BCUT2D eigenvalue weighted by Crippen LogP contribution is -2.04. The molecule has 0 saturated heterocycles. The van der Waals surface area contributed by atoms with Crippen LogP contribution in [0.1, 0.15) is 5.56 Å². The van der Waals surface area contributed by atoms with Crippen molar-refractivity contribution in [1.82, 2.24) is 0 Å². The van der Waals surface area contributed by atoms with Gasteiger partial charge in [0.1, 0.15) is 22.7 Å². The molecule has 0 amide bonds. The molecule has 0 aliphatic heterocycles. The molecule has 9 heteroatoms. The van der Waals surface area contributed by atoms with Crippen LogP contribution in [-0.2, 0) is 0 Å². The highest BCUT2D eigenvalue weighted by Gasteiger charge is 2.27. The van der Waals surface area contributed by atoms with Crippen LogP contribution < -0.4 is 11.1 Å². The monoisotopic (exact) mass is 432 g/mol. The molecule has 0 fully saturated rings. The zero-order chi connectivity index (χ0) is 22.5. The summed E-state index contributed by atoms with van der Waals surface area (Å²) in [5.74, 6) is -1.67. The van der Waals surface area contributed by atoms with Crippen molar-refractivity contribution in [1.29, 1.82) is 0 Å². The molecule has 3 aromatic carbocycles. The van der Waals surface area contributed by atoms with Crippen LogP contribution in [0.2, 0.25) is 0 Å². The zero-order valence-electron chi connectivity index (χ0n) is 16.2. The quantitative estimate of drug-likeness (QED) is 0.171. The molecule has 0 spiro atoms. The summed E-state index contributed by atoms with van der Waals surface area (Å²) in [6.07, 6.45) is 0. The maximum absolute atomic E-state index is 12.8. The fourth-order valence-corrected chi connectivity index (χ4v) is 4.10. The maximum atomic E-state index is 12.8. The normalized spacial score (nSPS) is 12.0. The minimum atomic E-state index is -0.840. The van der Waals surface area contributed by atoms with Gasteiger partial charge in [0.25, 0.3) is 0 Å². The number of hydrogen-bond acceptors (Lipinski definition) is 9. The number of benzene rings is 3. The molecule has 32 heavy (non-hydrogen) atoms. The lowest BCUT2D eigenvalue weighted by molar-refractivity contribution is 0.401. The Morgan fingerprint density at radius 3 is 2.03 bits per heavy atom. The summed E-state index contributed by atoms with van der Waals surface area (Å²) in [7, 11) is 0. The van der Waals surface area contributed by atoms with Crippen molar-refractivity contribution in [3.05, 3.63) is 56.5 Å². The number of phenolic OH excluding ortho intramolecular Hbond substituents is 4. The van der Waals surface area contributed by atoms with E-state index in [4.69, 9.17) is 13.3 Å². The Hall–Kier alpha value is -4.66. The van der Waals surface area contributed by atoms with Gasteiger partial charge in [-0.05, 0) is 25.1 Å². The van der Waals surface area contributed by atoms with Crippen LogP contribution in [0.3, 0.4) is 0 Å². The van der Waals surface area contributed by atoms with Crippen LogP contribution >= 0.6 is 0 Å². The first kappa shape index (κ1) is 18.1. The van der Waals surface area contributed by atoms with Crippen molar-refractivity contribution < 1.29 is 33.7 Å². The first-order valence-electron chi connectivity index (χ1n) is 9.41. The van der Waals surface area contributed by atoms with E-state index < -0.39 is 22.6 Å². The van der Waals surface area contributed by atoms with Gasteiger partial charge in [-0.2, -0.15) is 0 Å². The SMILES string of the molecule is Cc1c(O)cc(-c2oc3cc(=O)cc4oc5c(O)c(O)cc6c(=O)oc2c(c34)c56)cc1O. The fourth-order valence-electron chi connectivity index (χ4n) is 4.10. The molecule has 0 radical (unpaired) electrons. The van der Waals surface area contributed by atoms with Crippen LogP contribution in [0.4, 0.5) is 0 Å². The summed E-state index contributed by atoms with van der Waals surface area (Å²) >= 11 is 0. The van der Waals surface area contributed by atoms with Gasteiger partial charge in [-0.15, -0.1) is 0 Å². The van der Waals surface area contributed by atoms with Crippen LogP contribution in [-0.4, -0.2) is 20.4 Å². The molecule has 3 aromatic heterocycles. The van der Waals surface area contributed by atoms with E-state index in [0.29, 0.717) is 10.8 Å². The second-order valence-electron chi connectivity index (χ2n) is 7.56. The number of phenols is 4. The molecule has 6 rings (SSSR count). The van der Waals surface area contributed by atoms with Crippen LogP contribution in [0, 0.1) is 6.92 Å². The van der Waals surface area contributed by atoms with Crippen molar-refractivity contribution in [2.45, 2.75) is 6.92 Å². The van der Waals surface area contributed by atoms with Gasteiger partial charge < -0.3 is 33.7 Å². The number of hydrogen-bond donors (Lipinski definition) is 4. The van der Waals surface area contributed by atoms with Gasteiger partial charge in [0.2, 0.25) is 5.75 Å². The van der Waals surface area contributed by atoms with E-state index >= 15 is 0 Å². The molecule has 6 aromatic rings. The third-order valence-corrected chi connectivity index (χ3v) is 5.66. The highest BCUT2D eigenvalue weighted by atomic mass is 16.4. The largest absolute Gasteiger partial charge is 0.508 e. The van der Waals surface area contributed by atoms with Crippen LogP contribution in [0.5, 0.6) is 23.0 Å². The average molecular weight is 432 g/mol. The van der Waals surface area contributed by atoms with Crippen LogP contribution in [0.15, 0.2) is 53.2 Å². The summed E-state index contributed by atoms with van der Waals surface area (Å²) in [4.78, 5) is 25.0. The molecule has 3 heterocycles. The topological polar surface area (TPSA) is 154 Å². The van der Waals surface area contributed by atoms with Crippen LogP contribution in [0.25, 0.3) is 55.2 Å². The standard InChI is InChI=1S/C23H12O9/c1-7-11(25)2-8(3-12(7)26)20-22-18-16-10(23(29)32-22)6-13(27)19(28)21(16)31-15-5-9(24)4-14(30-20)17(15)18/h2-6,25-28H,1H3. The predicted molar refractivity (Wildman–Crippen MR) is 114 cm³/mol. The second-order valence-corrected chi connectivity index (χ2v) is 7.56. The Morgan fingerprint density at radius 2 is 1.34 bits per heavy atom. The Labute approximate surface area is 175 Å². The minimum absolute atomic E-state index is 0.0333. The molecular formula is C23H12O9. The Kier molecular flexibility index (Phi) is 3.25. The van der Waals surface area contributed by atoms with Gasteiger partial charge in [-0.3, -0.25) is 4.79 Å². The molecular weight excluding hydrogens is 420 g/mol. The molecule has 0 saturated carbocycles. The summed E-state index contributed by atoms with van der Waals surface area (Å²) in [5, 5.41) is 41.6. The summed E-state index contributed by atoms with van der Waals surface area (Å²) in [6, 6.07) is 6.12. The molecule has 0 unspecified atom stereocenters. The van der Waals surface area contributed by atoms with E-state index in [2.05, 4.69) is 0 Å². The second kappa shape index (κ2) is 5.73. The van der Waals surface area contributed by atoms with Gasteiger partial charge >= 0.3 is 5.63 Å². The molecule has 0 aliphatic carbocycles. The summed E-state index contributed by atoms with van der Waals surface area (Å²) < 4.78 is 17.2. The van der Waals surface area contributed by atoms with Crippen molar-refractivity contribution in [2.24, 2.45) is 0 Å². The lowest BCUT2D eigenvalue weighted by atomic mass is 9.98.